The molecule has 2 nitrogen and oxygen atoms in total. The SMILES string of the molecule is CCC(C1CC1)N1CC(N)CC(Cc2csc(Cl)c2)C1. The van der Waals surface area contributed by atoms with Crippen molar-refractivity contribution in [3.8, 4) is 0 Å². The first-order valence-corrected chi connectivity index (χ1v) is 9.14. The van der Waals surface area contributed by atoms with Gasteiger partial charge >= 0.3 is 0 Å². The Hall–Kier alpha value is -0.0900. The maximum absolute atomic E-state index is 6.32. The zero-order chi connectivity index (χ0) is 14.1. The Morgan fingerprint density at radius 1 is 1.45 bits per heavy atom. The molecule has 2 aliphatic rings. The van der Waals surface area contributed by atoms with E-state index in [9.17, 15) is 0 Å². The summed E-state index contributed by atoms with van der Waals surface area (Å²) in [5.74, 6) is 1.64. The van der Waals surface area contributed by atoms with Crippen LogP contribution in [0.5, 0.6) is 0 Å². The third-order valence-corrected chi connectivity index (χ3v) is 5.94. The standard InChI is InChI=1S/C16H25ClN2S/c1-2-15(13-3-4-13)19-8-11(6-14(18)9-19)5-12-7-16(17)20-10-12/h7,10-11,13-15H,2-6,8-9,18H2,1H3. The van der Waals surface area contributed by atoms with Gasteiger partial charge in [-0.25, -0.2) is 0 Å². The molecule has 3 rings (SSSR count). The van der Waals surface area contributed by atoms with Gasteiger partial charge in [-0.1, -0.05) is 18.5 Å². The number of thiophene rings is 1. The molecule has 1 saturated heterocycles. The molecular weight excluding hydrogens is 288 g/mol. The van der Waals surface area contributed by atoms with Crippen LogP contribution >= 0.6 is 22.9 Å². The number of nitrogens with zero attached hydrogens (tertiary/aromatic N) is 1. The molecule has 20 heavy (non-hydrogen) atoms. The van der Waals surface area contributed by atoms with Crippen LogP contribution in [0.4, 0.5) is 0 Å². The lowest BCUT2D eigenvalue weighted by Crippen LogP contribution is -2.52. The molecule has 0 aromatic carbocycles. The molecule has 4 heteroatoms. The van der Waals surface area contributed by atoms with E-state index in [1.807, 2.05) is 0 Å². The lowest BCUT2D eigenvalue weighted by Gasteiger charge is -2.41. The van der Waals surface area contributed by atoms with Crippen LogP contribution in [0, 0.1) is 11.8 Å². The van der Waals surface area contributed by atoms with Crippen LogP contribution in [-0.2, 0) is 6.42 Å². The molecule has 112 valence electrons. The fourth-order valence-corrected chi connectivity index (χ4v) is 4.78. The van der Waals surface area contributed by atoms with Crippen LogP contribution in [0.15, 0.2) is 11.4 Å². The minimum absolute atomic E-state index is 0.343. The average molecular weight is 313 g/mol. The second-order valence-corrected chi connectivity index (χ2v) is 8.13. The molecule has 2 heterocycles. The van der Waals surface area contributed by atoms with Gasteiger partial charge in [-0.2, -0.15) is 0 Å². The quantitative estimate of drug-likeness (QED) is 0.896. The van der Waals surface area contributed by atoms with Crippen molar-refractivity contribution in [2.24, 2.45) is 17.6 Å². The first kappa shape index (κ1) is 14.8. The smallest absolute Gasteiger partial charge is 0.0931 e. The van der Waals surface area contributed by atoms with Crippen molar-refractivity contribution >= 4 is 22.9 Å². The summed E-state index contributed by atoms with van der Waals surface area (Å²) in [6, 6.07) is 3.24. The normalized spacial score (nSPS) is 29.6. The topological polar surface area (TPSA) is 29.3 Å². The van der Waals surface area contributed by atoms with Gasteiger partial charge in [0.25, 0.3) is 0 Å². The van der Waals surface area contributed by atoms with Crippen LogP contribution in [-0.4, -0.2) is 30.1 Å². The third kappa shape index (κ3) is 3.56. The second kappa shape index (κ2) is 6.35. The molecule has 0 radical (unpaired) electrons. The highest BCUT2D eigenvalue weighted by Gasteiger charge is 2.37. The molecule has 0 amide bonds. The van der Waals surface area contributed by atoms with Gasteiger partial charge < -0.3 is 5.73 Å². The predicted molar refractivity (Wildman–Crippen MR) is 87.5 cm³/mol. The van der Waals surface area contributed by atoms with Crippen molar-refractivity contribution in [2.75, 3.05) is 13.1 Å². The van der Waals surface area contributed by atoms with E-state index in [4.69, 9.17) is 17.3 Å². The van der Waals surface area contributed by atoms with Crippen molar-refractivity contribution in [1.29, 1.82) is 0 Å². The lowest BCUT2D eigenvalue weighted by atomic mass is 9.88. The van der Waals surface area contributed by atoms with E-state index in [-0.39, 0.29) is 0 Å². The Labute approximate surface area is 131 Å². The Morgan fingerprint density at radius 3 is 2.85 bits per heavy atom. The number of halogens is 1. The maximum atomic E-state index is 6.32. The molecule has 1 aliphatic heterocycles. The fraction of sp³-hybridized carbons (Fsp3) is 0.750. The Morgan fingerprint density at radius 2 is 2.25 bits per heavy atom. The van der Waals surface area contributed by atoms with Crippen molar-refractivity contribution in [3.05, 3.63) is 21.3 Å². The molecule has 2 N–H and O–H groups in total. The maximum Gasteiger partial charge on any atom is 0.0931 e. The second-order valence-electron chi connectivity index (χ2n) is 6.59. The Bertz CT molecular complexity index is 443. The van der Waals surface area contributed by atoms with Crippen molar-refractivity contribution in [1.82, 2.24) is 4.90 Å². The van der Waals surface area contributed by atoms with Gasteiger partial charge in [0, 0.05) is 25.2 Å². The molecule has 1 aromatic heterocycles. The Balaban J connectivity index is 1.63. The fourth-order valence-electron chi connectivity index (χ4n) is 3.86. The van der Waals surface area contributed by atoms with Gasteiger partial charge in [0.2, 0.25) is 0 Å². The summed E-state index contributed by atoms with van der Waals surface area (Å²) in [6.07, 6.45) is 6.41. The molecule has 1 aromatic rings. The van der Waals surface area contributed by atoms with Crippen molar-refractivity contribution < 1.29 is 0 Å². The summed E-state index contributed by atoms with van der Waals surface area (Å²) < 4.78 is 0.904. The summed E-state index contributed by atoms with van der Waals surface area (Å²) >= 11 is 7.68. The van der Waals surface area contributed by atoms with E-state index in [1.54, 1.807) is 11.3 Å². The van der Waals surface area contributed by atoms with E-state index >= 15 is 0 Å². The zero-order valence-corrected chi connectivity index (χ0v) is 13.8. The number of piperidine rings is 1. The molecule has 0 spiro atoms. The molecule has 1 aliphatic carbocycles. The summed E-state index contributed by atoms with van der Waals surface area (Å²) in [5.41, 5.74) is 7.71. The average Bonchev–Trinajstić information content (AvgIpc) is 3.14. The molecule has 0 bridgehead atoms. The van der Waals surface area contributed by atoms with Gasteiger partial charge in [-0.05, 0) is 60.9 Å². The van der Waals surface area contributed by atoms with Gasteiger partial charge in [0.1, 0.15) is 0 Å². The number of likely N-dealkylation sites (tertiary alicyclic amines) is 1. The van der Waals surface area contributed by atoms with E-state index in [2.05, 4.69) is 23.3 Å². The summed E-state index contributed by atoms with van der Waals surface area (Å²) in [6.45, 7) is 4.64. The van der Waals surface area contributed by atoms with Crippen LogP contribution in [0.25, 0.3) is 0 Å². The van der Waals surface area contributed by atoms with Crippen molar-refractivity contribution in [2.45, 2.75) is 51.1 Å². The molecular formula is C16H25ClN2S. The van der Waals surface area contributed by atoms with E-state index in [0.29, 0.717) is 12.0 Å². The van der Waals surface area contributed by atoms with Crippen LogP contribution in [0.3, 0.4) is 0 Å². The number of rotatable bonds is 5. The van der Waals surface area contributed by atoms with Gasteiger partial charge in [-0.3, -0.25) is 4.90 Å². The monoisotopic (exact) mass is 312 g/mol. The highest BCUT2D eigenvalue weighted by atomic mass is 35.5. The van der Waals surface area contributed by atoms with Crippen LogP contribution in [0.2, 0.25) is 4.34 Å². The lowest BCUT2D eigenvalue weighted by molar-refractivity contribution is 0.0942. The highest BCUT2D eigenvalue weighted by molar-refractivity contribution is 7.14. The zero-order valence-electron chi connectivity index (χ0n) is 12.2. The molecule has 3 atom stereocenters. The van der Waals surface area contributed by atoms with Crippen LogP contribution < -0.4 is 5.73 Å². The van der Waals surface area contributed by atoms with Crippen LogP contribution in [0.1, 0.15) is 38.2 Å². The predicted octanol–water partition coefficient (Wildman–Crippen LogP) is 3.78. The van der Waals surface area contributed by atoms with E-state index < -0.39 is 0 Å². The van der Waals surface area contributed by atoms with E-state index in [1.165, 1.54) is 31.4 Å². The first-order chi connectivity index (χ1) is 9.65. The van der Waals surface area contributed by atoms with Gasteiger partial charge in [-0.15, -0.1) is 11.3 Å². The number of hydrogen-bond acceptors (Lipinski definition) is 3. The summed E-state index contributed by atoms with van der Waals surface area (Å²) in [5, 5.41) is 2.20. The number of hydrogen-bond donors (Lipinski definition) is 1. The molecule has 1 saturated carbocycles. The first-order valence-electron chi connectivity index (χ1n) is 7.88. The minimum atomic E-state index is 0.343. The highest BCUT2D eigenvalue weighted by Crippen LogP contribution is 2.38. The minimum Gasteiger partial charge on any atom is -0.327 e. The summed E-state index contributed by atoms with van der Waals surface area (Å²) in [4.78, 5) is 2.68. The Kier molecular flexibility index (Phi) is 4.71. The largest absolute Gasteiger partial charge is 0.327 e. The molecule has 2 fully saturated rings. The third-order valence-electron chi connectivity index (χ3n) is 4.80. The van der Waals surface area contributed by atoms with Crippen molar-refractivity contribution in [3.63, 3.8) is 0 Å². The van der Waals surface area contributed by atoms with E-state index in [0.717, 1.165) is 35.7 Å². The van der Waals surface area contributed by atoms with Gasteiger partial charge in [0.15, 0.2) is 0 Å². The number of nitrogens with two attached hydrogens (primary N) is 1. The summed E-state index contributed by atoms with van der Waals surface area (Å²) in [7, 11) is 0. The molecule has 3 unspecified atom stereocenters. The van der Waals surface area contributed by atoms with Gasteiger partial charge in [0.05, 0.1) is 4.34 Å².